The quantitative estimate of drug-likeness (QED) is 0.773. The smallest absolute Gasteiger partial charge is 0.343 e. The number of ether oxygens (including phenoxy) is 2. The zero-order chi connectivity index (χ0) is 17.7. The van der Waals surface area contributed by atoms with E-state index in [1.54, 1.807) is 25.3 Å². The van der Waals surface area contributed by atoms with Crippen molar-refractivity contribution in [1.82, 2.24) is 4.57 Å². The molecule has 1 saturated carbocycles. The van der Waals surface area contributed by atoms with Gasteiger partial charge in [-0.15, -0.1) is 0 Å². The number of pyridine rings is 1. The SMILES string of the molecule is CCOC(=O)c1cc(C(=O)OCC)c(=O)n(C2CCCCC2)c1C. The maximum atomic E-state index is 12.8. The van der Waals surface area contributed by atoms with Crippen LogP contribution in [-0.2, 0) is 9.47 Å². The van der Waals surface area contributed by atoms with Gasteiger partial charge in [-0.3, -0.25) is 4.79 Å². The molecular formula is C18H25NO5. The molecule has 0 spiro atoms. The van der Waals surface area contributed by atoms with Gasteiger partial charge in [0.2, 0.25) is 0 Å². The van der Waals surface area contributed by atoms with Gasteiger partial charge in [0.15, 0.2) is 0 Å². The van der Waals surface area contributed by atoms with Gasteiger partial charge in [0.1, 0.15) is 5.56 Å². The highest BCUT2D eigenvalue weighted by atomic mass is 16.5. The molecule has 24 heavy (non-hydrogen) atoms. The fraction of sp³-hybridized carbons (Fsp3) is 0.611. The number of carbonyl (C=O) groups excluding carboxylic acids is 2. The van der Waals surface area contributed by atoms with Crippen LogP contribution in [0.15, 0.2) is 10.9 Å². The first kappa shape index (κ1) is 18.2. The number of carbonyl (C=O) groups is 2. The minimum absolute atomic E-state index is 0.00815. The van der Waals surface area contributed by atoms with Gasteiger partial charge in [0, 0.05) is 11.7 Å². The van der Waals surface area contributed by atoms with Crippen LogP contribution in [0.4, 0.5) is 0 Å². The molecular weight excluding hydrogens is 310 g/mol. The van der Waals surface area contributed by atoms with E-state index in [9.17, 15) is 14.4 Å². The van der Waals surface area contributed by atoms with Crippen LogP contribution < -0.4 is 5.56 Å². The molecule has 1 aliphatic carbocycles. The van der Waals surface area contributed by atoms with E-state index in [-0.39, 0.29) is 35.9 Å². The van der Waals surface area contributed by atoms with Crippen molar-refractivity contribution in [2.24, 2.45) is 0 Å². The fourth-order valence-electron chi connectivity index (χ4n) is 3.27. The summed E-state index contributed by atoms with van der Waals surface area (Å²) in [5.74, 6) is -1.22. The van der Waals surface area contributed by atoms with Crippen LogP contribution in [0.5, 0.6) is 0 Å². The molecule has 1 aromatic rings. The number of aromatic nitrogens is 1. The highest BCUT2D eigenvalue weighted by Gasteiger charge is 2.26. The first-order valence-electron chi connectivity index (χ1n) is 8.61. The second kappa shape index (κ2) is 8.13. The van der Waals surface area contributed by atoms with Gasteiger partial charge in [-0.2, -0.15) is 0 Å². The van der Waals surface area contributed by atoms with E-state index < -0.39 is 11.9 Å². The van der Waals surface area contributed by atoms with E-state index in [0.717, 1.165) is 32.1 Å². The molecule has 1 aliphatic rings. The van der Waals surface area contributed by atoms with Crippen LogP contribution in [0.2, 0.25) is 0 Å². The second-order valence-corrected chi connectivity index (χ2v) is 5.97. The molecule has 0 aromatic carbocycles. The van der Waals surface area contributed by atoms with E-state index in [1.165, 1.54) is 6.07 Å². The molecule has 6 nitrogen and oxygen atoms in total. The lowest BCUT2D eigenvalue weighted by atomic mass is 9.94. The number of hydrogen-bond acceptors (Lipinski definition) is 5. The zero-order valence-corrected chi connectivity index (χ0v) is 14.6. The van der Waals surface area contributed by atoms with Gasteiger partial charge in [-0.05, 0) is 39.7 Å². The number of rotatable bonds is 5. The lowest BCUT2D eigenvalue weighted by molar-refractivity contribution is 0.0520. The summed E-state index contributed by atoms with van der Waals surface area (Å²) in [4.78, 5) is 37.3. The summed E-state index contributed by atoms with van der Waals surface area (Å²) >= 11 is 0. The van der Waals surface area contributed by atoms with Crippen LogP contribution in [0.1, 0.15) is 78.4 Å². The highest BCUT2D eigenvalue weighted by Crippen LogP contribution is 2.29. The molecule has 0 bridgehead atoms. The summed E-state index contributed by atoms with van der Waals surface area (Å²) in [7, 11) is 0. The Morgan fingerprint density at radius 2 is 1.58 bits per heavy atom. The van der Waals surface area contributed by atoms with Crippen molar-refractivity contribution in [3.8, 4) is 0 Å². The van der Waals surface area contributed by atoms with Gasteiger partial charge < -0.3 is 14.0 Å². The molecule has 132 valence electrons. The van der Waals surface area contributed by atoms with Crippen molar-refractivity contribution in [1.29, 1.82) is 0 Å². The number of esters is 2. The van der Waals surface area contributed by atoms with Crippen LogP contribution in [0.25, 0.3) is 0 Å². The largest absolute Gasteiger partial charge is 0.462 e. The first-order valence-corrected chi connectivity index (χ1v) is 8.61. The number of hydrogen-bond donors (Lipinski definition) is 0. The molecule has 0 amide bonds. The zero-order valence-electron chi connectivity index (χ0n) is 14.6. The van der Waals surface area contributed by atoms with Crippen LogP contribution in [-0.4, -0.2) is 29.7 Å². The van der Waals surface area contributed by atoms with Gasteiger partial charge in [-0.25, -0.2) is 9.59 Å². The van der Waals surface area contributed by atoms with Crippen LogP contribution in [0, 0.1) is 6.92 Å². The van der Waals surface area contributed by atoms with Crippen molar-refractivity contribution >= 4 is 11.9 Å². The summed E-state index contributed by atoms with van der Waals surface area (Å²) in [6.07, 6.45) is 4.96. The van der Waals surface area contributed by atoms with E-state index in [4.69, 9.17) is 9.47 Å². The Kier molecular flexibility index (Phi) is 6.17. The van der Waals surface area contributed by atoms with Crippen LogP contribution in [0.3, 0.4) is 0 Å². The Labute approximate surface area is 141 Å². The Morgan fingerprint density at radius 1 is 1.04 bits per heavy atom. The molecule has 0 radical (unpaired) electrons. The average molecular weight is 335 g/mol. The lowest BCUT2D eigenvalue weighted by Crippen LogP contribution is -2.34. The van der Waals surface area contributed by atoms with Crippen molar-refractivity contribution < 1.29 is 19.1 Å². The van der Waals surface area contributed by atoms with E-state index in [0.29, 0.717) is 5.69 Å². The average Bonchev–Trinajstić information content (AvgIpc) is 2.56. The lowest BCUT2D eigenvalue weighted by Gasteiger charge is -2.27. The highest BCUT2D eigenvalue weighted by molar-refractivity contribution is 5.95. The summed E-state index contributed by atoms with van der Waals surface area (Å²) in [6, 6.07) is 1.32. The molecule has 0 unspecified atom stereocenters. The molecule has 1 aromatic heterocycles. The third-order valence-corrected chi connectivity index (χ3v) is 4.42. The predicted octanol–water partition coefficient (Wildman–Crippen LogP) is 3.02. The molecule has 0 saturated heterocycles. The Morgan fingerprint density at radius 3 is 2.12 bits per heavy atom. The van der Waals surface area contributed by atoms with E-state index in [2.05, 4.69) is 0 Å². The maximum Gasteiger partial charge on any atom is 0.343 e. The normalized spacial score (nSPS) is 15.1. The molecule has 1 heterocycles. The maximum absolute atomic E-state index is 12.8. The predicted molar refractivity (Wildman–Crippen MR) is 89.5 cm³/mol. The molecule has 0 atom stereocenters. The summed E-state index contributed by atoms with van der Waals surface area (Å²) < 4.78 is 11.7. The Hall–Kier alpha value is -2.11. The van der Waals surface area contributed by atoms with E-state index in [1.807, 2.05) is 0 Å². The molecule has 1 fully saturated rings. The summed E-state index contributed by atoms with van der Waals surface area (Å²) in [5, 5.41) is 0. The Bertz CT molecular complexity index is 671. The summed E-state index contributed by atoms with van der Waals surface area (Å²) in [6.45, 7) is 5.53. The number of nitrogens with zero attached hydrogens (tertiary/aromatic N) is 1. The van der Waals surface area contributed by atoms with Gasteiger partial charge in [-0.1, -0.05) is 19.3 Å². The minimum atomic E-state index is -0.697. The third-order valence-electron chi connectivity index (χ3n) is 4.42. The van der Waals surface area contributed by atoms with E-state index >= 15 is 0 Å². The second-order valence-electron chi connectivity index (χ2n) is 5.97. The third kappa shape index (κ3) is 3.68. The molecule has 6 heteroatoms. The van der Waals surface area contributed by atoms with Crippen LogP contribution >= 0.6 is 0 Å². The van der Waals surface area contributed by atoms with Gasteiger partial charge in [0.05, 0.1) is 18.8 Å². The van der Waals surface area contributed by atoms with Crippen molar-refractivity contribution in [2.75, 3.05) is 13.2 Å². The van der Waals surface area contributed by atoms with Crippen molar-refractivity contribution in [3.05, 3.63) is 33.2 Å². The van der Waals surface area contributed by atoms with Crippen molar-refractivity contribution in [2.45, 2.75) is 58.9 Å². The standard InChI is InChI=1S/C18H25NO5/c1-4-23-17(21)14-11-15(18(22)24-5-2)16(20)19(12(14)3)13-9-7-6-8-10-13/h11,13H,4-10H2,1-3H3. The molecule has 2 rings (SSSR count). The first-order chi connectivity index (χ1) is 11.5. The van der Waals surface area contributed by atoms with Crippen molar-refractivity contribution in [3.63, 3.8) is 0 Å². The monoisotopic (exact) mass is 335 g/mol. The summed E-state index contributed by atoms with van der Waals surface area (Å²) in [5.41, 5.74) is 0.324. The minimum Gasteiger partial charge on any atom is -0.462 e. The van der Waals surface area contributed by atoms with Gasteiger partial charge >= 0.3 is 11.9 Å². The molecule has 0 aliphatic heterocycles. The Balaban J connectivity index is 2.60. The fourth-order valence-corrected chi connectivity index (χ4v) is 3.27. The van der Waals surface area contributed by atoms with Gasteiger partial charge in [0.25, 0.3) is 5.56 Å². The topological polar surface area (TPSA) is 74.6 Å². The molecule has 0 N–H and O–H groups in total.